The highest BCUT2D eigenvalue weighted by Gasteiger charge is 2.29. The summed E-state index contributed by atoms with van der Waals surface area (Å²) in [5.41, 5.74) is 0.570. The lowest BCUT2D eigenvalue weighted by Crippen LogP contribution is -2.52. The predicted molar refractivity (Wildman–Crippen MR) is 99.4 cm³/mol. The Morgan fingerprint density at radius 3 is 2.36 bits per heavy atom. The van der Waals surface area contributed by atoms with Crippen LogP contribution in [0, 0.1) is 0 Å². The van der Waals surface area contributed by atoms with Crippen LogP contribution in [-0.2, 0) is 15.0 Å². The molecule has 0 spiro atoms. The largest absolute Gasteiger partial charge is 0.493 e. The van der Waals surface area contributed by atoms with Gasteiger partial charge in [0.25, 0.3) is 10.2 Å². The fourth-order valence-corrected chi connectivity index (χ4v) is 3.71. The summed E-state index contributed by atoms with van der Waals surface area (Å²) in [5.74, 6) is -0.245. The molecule has 1 aromatic rings. The Hall–Kier alpha value is -2.24. The number of amides is 1. The third-order valence-corrected chi connectivity index (χ3v) is 6.10. The Morgan fingerprint density at radius 2 is 1.82 bits per heavy atom. The second-order valence-electron chi connectivity index (χ2n) is 6.14. The van der Waals surface area contributed by atoms with E-state index in [1.807, 2.05) is 0 Å². The van der Waals surface area contributed by atoms with E-state index < -0.39 is 16.8 Å². The molecule has 0 unspecified atom stereocenters. The minimum absolute atomic E-state index is 0.0980. The number of rotatable bonds is 7. The lowest BCUT2D eigenvalue weighted by molar-refractivity contribution is -0.127. The second-order valence-corrected chi connectivity index (χ2v) is 8.28. The van der Waals surface area contributed by atoms with Crippen molar-refractivity contribution in [2.45, 2.75) is 6.61 Å². The van der Waals surface area contributed by atoms with Crippen LogP contribution >= 0.6 is 0 Å². The van der Waals surface area contributed by atoms with Gasteiger partial charge in [0.1, 0.15) is 0 Å². The van der Waals surface area contributed by atoms with Gasteiger partial charge in [0, 0.05) is 46.4 Å². The number of hydrogen-bond donors (Lipinski definition) is 0. The number of nitrogens with zero attached hydrogens (tertiary/aromatic N) is 3. The zero-order chi connectivity index (χ0) is 20.9. The second kappa shape index (κ2) is 9.30. The van der Waals surface area contributed by atoms with Gasteiger partial charge in [-0.3, -0.25) is 4.79 Å². The Labute approximate surface area is 163 Å². The maximum Gasteiger partial charge on any atom is 0.387 e. The predicted octanol–water partition coefficient (Wildman–Crippen LogP) is 1.26. The number of carbonyl (C=O) groups excluding carboxylic acids is 1. The molecular formula is C17H23F2N3O5S. The molecule has 0 saturated carbocycles. The molecule has 0 aliphatic carbocycles. The van der Waals surface area contributed by atoms with E-state index >= 15 is 0 Å². The molecule has 0 radical (unpaired) electrons. The highest BCUT2D eigenvalue weighted by molar-refractivity contribution is 7.86. The number of benzene rings is 1. The fourth-order valence-electron chi connectivity index (χ4n) is 2.62. The summed E-state index contributed by atoms with van der Waals surface area (Å²) in [5, 5.41) is 0. The minimum atomic E-state index is -3.49. The van der Waals surface area contributed by atoms with Gasteiger partial charge in [-0.2, -0.15) is 25.8 Å². The van der Waals surface area contributed by atoms with E-state index in [0.29, 0.717) is 5.56 Å². The molecule has 2 rings (SSSR count). The standard InChI is InChI=1S/C17H23F2N3O5S/c1-20(2)28(24,25)22-10-8-21(9-11-22)16(23)7-5-13-4-6-14(27-17(18)19)15(12-13)26-3/h4-7,12,17H,8-11H2,1-3H3/b7-5+. The molecule has 1 saturated heterocycles. The van der Waals surface area contributed by atoms with Crippen molar-refractivity contribution in [1.29, 1.82) is 0 Å². The lowest BCUT2D eigenvalue weighted by atomic mass is 10.2. The third-order valence-electron chi connectivity index (χ3n) is 4.16. The summed E-state index contributed by atoms with van der Waals surface area (Å²) in [6, 6.07) is 4.33. The van der Waals surface area contributed by atoms with Crippen LogP contribution in [0.1, 0.15) is 5.56 Å². The lowest BCUT2D eigenvalue weighted by Gasteiger charge is -2.34. The van der Waals surface area contributed by atoms with Crippen LogP contribution in [0.5, 0.6) is 11.5 Å². The van der Waals surface area contributed by atoms with Gasteiger partial charge in [0.05, 0.1) is 7.11 Å². The summed E-state index contributed by atoms with van der Waals surface area (Å²) in [7, 11) is 0.753. The van der Waals surface area contributed by atoms with E-state index in [4.69, 9.17) is 4.74 Å². The van der Waals surface area contributed by atoms with Gasteiger partial charge in [-0.1, -0.05) is 6.07 Å². The molecule has 1 aliphatic heterocycles. The van der Waals surface area contributed by atoms with Crippen LogP contribution < -0.4 is 9.47 Å². The highest BCUT2D eigenvalue weighted by Crippen LogP contribution is 2.29. The molecule has 1 aliphatic rings. The van der Waals surface area contributed by atoms with E-state index in [0.717, 1.165) is 4.31 Å². The summed E-state index contributed by atoms with van der Waals surface area (Å²) < 4.78 is 60.7. The first-order chi connectivity index (χ1) is 13.1. The molecule has 1 aromatic carbocycles. The van der Waals surface area contributed by atoms with Gasteiger partial charge in [-0.05, 0) is 23.8 Å². The smallest absolute Gasteiger partial charge is 0.387 e. The van der Waals surface area contributed by atoms with Crippen LogP contribution in [0.25, 0.3) is 6.08 Å². The van der Waals surface area contributed by atoms with E-state index in [9.17, 15) is 22.0 Å². The average Bonchev–Trinajstić information content (AvgIpc) is 2.66. The van der Waals surface area contributed by atoms with Crippen molar-refractivity contribution < 1.29 is 31.5 Å². The first-order valence-electron chi connectivity index (χ1n) is 8.42. The molecule has 1 fully saturated rings. The first-order valence-corrected chi connectivity index (χ1v) is 9.82. The Kier molecular flexibility index (Phi) is 7.33. The van der Waals surface area contributed by atoms with Crippen molar-refractivity contribution in [2.24, 2.45) is 0 Å². The Bertz CT molecular complexity index is 822. The topological polar surface area (TPSA) is 79.4 Å². The third kappa shape index (κ3) is 5.40. The molecule has 28 heavy (non-hydrogen) atoms. The zero-order valence-corrected chi connectivity index (χ0v) is 16.7. The average molecular weight is 419 g/mol. The number of alkyl halides is 2. The van der Waals surface area contributed by atoms with Crippen molar-refractivity contribution in [3.8, 4) is 11.5 Å². The minimum Gasteiger partial charge on any atom is -0.493 e. The first kappa shape index (κ1) is 22.1. The number of ether oxygens (including phenoxy) is 2. The van der Waals surface area contributed by atoms with Gasteiger partial charge in [-0.25, -0.2) is 0 Å². The Balaban J connectivity index is 1.99. The molecule has 0 aromatic heterocycles. The van der Waals surface area contributed by atoms with Crippen molar-refractivity contribution in [3.63, 3.8) is 0 Å². The molecule has 11 heteroatoms. The summed E-state index contributed by atoms with van der Waals surface area (Å²) in [6.45, 7) is -1.98. The number of piperazine rings is 1. The van der Waals surface area contributed by atoms with Gasteiger partial charge in [-0.15, -0.1) is 0 Å². The van der Waals surface area contributed by atoms with E-state index in [1.165, 1.54) is 55.9 Å². The summed E-state index contributed by atoms with van der Waals surface area (Å²) in [4.78, 5) is 13.9. The normalized spacial score (nSPS) is 16.2. The monoisotopic (exact) mass is 419 g/mol. The van der Waals surface area contributed by atoms with Crippen molar-refractivity contribution >= 4 is 22.2 Å². The summed E-state index contributed by atoms with van der Waals surface area (Å²) >= 11 is 0. The van der Waals surface area contributed by atoms with Crippen LogP contribution in [0.15, 0.2) is 24.3 Å². The van der Waals surface area contributed by atoms with E-state index in [1.54, 1.807) is 4.90 Å². The van der Waals surface area contributed by atoms with E-state index in [2.05, 4.69) is 4.74 Å². The number of carbonyl (C=O) groups is 1. The maximum atomic E-state index is 12.4. The van der Waals surface area contributed by atoms with Crippen molar-refractivity contribution in [1.82, 2.24) is 13.5 Å². The van der Waals surface area contributed by atoms with Gasteiger partial charge < -0.3 is 14.4 Å². The van der Waals surface area contributed by atoms with Crippen LogP contribution in [-0.4, -0.2) is 81.8 Å². The molecule has 0 atom stereocenters. The van der Waals surface area contributed by atoms with Gasteiger partial charge in [0.15, 0.2) is 11.5 Å². The fraction of sp³-hybridized carbons (Fsp3) is 0.471. The van der Waals surface area contributed by atoms with E-state index in [-0.39, 0.29) is 43.6 Å². The SMILES string of the molecule is COc1cc(/C=C/C(=O)N2CCN(S(=O)(=O)N(C)C)CC2)ccc1OC(F)F. The van der Waals surface area contributed by atoms with Crippen LogP contribution in [0.4, 0.5) is 8.78 Å². The molecular weight excluding hydrogens is 396 g/mol. The zero-order valence-electron chi connectivity index (χ0n) is 15.8. The molecule has 1 heterocycles. The number of halogens is 2. The van der Waals surface area contributed by atoms with Crippen molar-refractivity contribution in [2.75, 3.05) is 47.4 Å². The Morgan fingerprint density at radius 1 is 1.18 bits per heavy atom. The number of hydrogen-bond acceptors (Lipinski definition) is 5. The molecule has 8 nitrogen and oxygen atoms in total. The van der Waals surface area contributed by atoms with Gasteiger partial charge in [0.2, 0.25) is 5.91 Å². The summed E-state index contributed by atoms with van der Waals surface area (Å²) in [6.07, 6.45) is 2.87. The molecule has 0 N–H and O–H groups in total. The highest BCUT2D eigenvalue weighted by atomic mass is 32.2. The molecule has 0 bridgehead atoms. The van der Waals surface area contributed by atoms with Crippen LogP contribution in [0.3, 0.4) is 0 Å². The maximum absolute atomic E-state index is 12.4. The quantitative estimate of drug-likeness (QED) is 0.622. The molecule has 156 valence electrons. The molecule has 1 amide bonds. The van der Waals surface area contributed by atoms with Crippen LogP contribution in [0.2, 0.25) is 0 Å². The van der Waals surface area contributed by atoms with Crippen molar-refractivity contribution in [3.05, 3.63) is 29.8 Å². The number of methoxy groups -OCH3 is 1. The van der Waals surface area contributed by atoms with Gasteiger partial charge >= 0.3 is 6.61 Å².